The second kappa shape index (κ2) is 4.84. The second-order valence-corrected chi connectivity index (χ2v) is 3.29. The second-order valence-electron chi connectivity index (χ2n) is 3.29. The van der Waals surface area contributed by atoms with Gasteiger partial charge in [-0.25, -0.2) is 8.78 Å². The van der Waals surface area contributed by atoms with Crippen molar-refractivity contribution in [1.29, 1.82) is 0 Å². The van der Waals surface area contributed by atoms with E-state index in [1.165, 1.54) is 12.1 Å². The van der Waals surface area contributed by atoms with Crippen LogP contribution in [0.15, 0.2) is 18.2 Å². The lowest BCUT2D eigenvalue weighted by Gasteiger charge is -2.08. The van der Waals surface area contributed by atoms with Gasteiger partial charge < -0.3 is 11.1 Å². The molecule has 0 saturated heterocycles. The zero-order valence-corrected chi connectivity index (χ0v) is 8.26. The third-order valence-electron chi connectivity index (χ3n) is 1.78. The van der Waals surface area contributed by atoms with Crippen molar-refractivity contribution in [1.82, 2.24) is 5.32 Å². The number of benzene rings is 1. The van der Waals surface area contributed by atoms with Crippen LogP contribution in [0, 0.1) is 11.6 Å². The molecular formula is C10H12F2N2O. The van der Waals surface area contributed by atoms with Crippen molar-refractivity contribution in [2.45, 2.75) is 13.0 Å². The zero-order chi connectivity index (χ0) is 11.4. The van der Waals surface area contributed by atoms with Gasteiger partial charge in [-0.3, -0.25) is 4.79 Å². The summed E-state index contributed by atoms with van der Waals surface area (Å²) in [5.74, 6) is -2.84. The number of nitrogens with two attached hydrogens (primary N) is 1. The predicted octanol–water partition coefficient (Wildman–Crippen LogP) is 1.04. The molecule has 3 N–H and O–H groups in total. The lowest BCUT2D eigenvalue weighted by Crippen LogP contribution is -2.35. The van der Waals surface area contributed by atoms with Crippen LogP contribution < -0.4 is 11.1 Å². The fourth-order valence-electron chi connectivity index (χ4n) is 1.03. The molecule has 1 amide bonds. The summed E-state index contributed by atoms with van der Waals surface area (Å²) in [6.45, 7) is 1.91. The van der Waals surface area contributed by atoms with Crippen LogP contribution in [-0.4, -0.2) is 18.5 Å². The Morgan fingerprint density at radius 2 is 2.20 bits per heavy atom. The molecule has 0 radical (unpaired) electrons. The summed E-state index contributed by atoms with van der Waals surface area (Å²) in [5, 5.41) is 2.40. The van der Waals surface area contributed by atoms with Crippen LogP contribution >= 0.6 is 0 Å². The maximum Gasteiger partial charge on any atom is 0.254 e. The average molecular weight is 214 g/mol. The van der Waals surface area contributed by atoms with E-state index < -0.39 is 17.5 Å². The minimum absolute atomic E-state index is 0.217. The average Bonchev–Trinajstić information content (AvgIpc) is 2.18. The van der Waals surface area contributed by atoms with E-state index in [1.807, 2.05) is 0 Å². The van der Waals surface area contributed by atoms with Crippen LogP contribution in [0.2, 0.25) is 0 Å². The molecule has 0 aliphatic heterocycles. The maximum atomic E-state index is 13.1. The Labute approximate surface area is 86.3 Å². The van der Waals surface area contributed by atoms with Crippen LogP contribution in [0.5, 0.6) is 0 Å². The van der Waals surface area contributed by atoms with E-state index in [0.717, 1.165) is 6.07 Å². The van der Waals surface area contributed by atoms with E-state index in [0.29, 0.717) is 0 Å². The monoisotopic (exact) mass is 214 g/mol. The highest BCUT2D eigenvalue weighted by molar-refractivity contribution is 5.94. The number of hydrogen-bond donors (Lipinski definition) is 2. The molecule has 1 aromatic carbocycles. The number of carbonyl (C=O) groups excluding carboxylic acids is 1. The molecular weight excluding hydrogens is 202 g/mol. The molecule has 15 heavy (non-hydrogen) atoms. The largest absolute Gasteiger partial charge is 0.350 e. The van der Waals surface area contributed by atoms with Crippen LogP contribution in [-0.2, 0) is 0 Å². The van der Waals surface area contributed by atoms with E-state index >= 15 is 0 Å². The SMILES string of the molecule is CC(N)CNC(=O)c1cccc(F)c1F. The van der Waals surface area contributed by atoms with Crippen LogP contribution in [0.3, 0.4) is 0 Å². The fourth-order valence-corrected chi connectivity index (χ4v) is 1.03. The first-order chi connectivity index (χ1) is 7.02. The number of carbonyl (C=O) groups is 1. The maximum absolute atomic E-state index is 13.1. The molecule has 0 aliphatic carbocycles. The first kappa shape index (κ1) is 11.6. The topological polar surface area (TPSA) is 55.1 Å². The van der Waals surface area contributed by atoms with E-state index in [2.05, 4.69) is 5.32 Å². The lowest BCUT2D eigenvalue weighted by atomic mass is 10.2. The molecule has 5 heteroatoms. The van der Waals surface area contributed by atoms with E-state index in [9.17, 15) is 13.6 Å². The molecule has 1 atom stereocenters. The summed E-state index contributed by atoms with van der Waals surface area (Å²) in [5.41, 5.74) is 5.09. The highest BCUT2D eigenvalue weighted by atomic mass is 19.2. The van der Waals surface area contributed by atoms with Gasteiger partial charge in [0.05, 0.1) is 5.56 Å². The molecule has 0 saturated carbocycles. The fraction of sp³-hybridized carbons (Fsp3) is 0.300. The normalized spacial score (nSPS) is 12.3. The third kappa shape index (κ3) is 2.99. The number of amides is 1. The first-order valence-corrected chi connectivity index (χ1v) is 4.50. The van der Waals surface area contributed by atoms with Gasteiger partial charge in [0.1, 0.15) is 0 Å². The number of nitrogens with one attached hydrogen (secondary N) is 1. The smallest absolute Gasteiger partial charge is 0.254 e. The van der Waals surface area contributed by atoms with Gasteiger partial charge >= 0.3 is 0 Å². The molecule has 1 aromatic rings. The van der Waals surface area contributed by atoms with E-state index in [-0.39, 0.29) is 18.2 Å². The molecule has 0 heterocycles. The van der Waals surface area contributed by atoms with Gasteiger partial charge in [-0.2, -0.15) is 0 Å². The molecule has 0 bridgehead atoms. The molecule has 0 aromatic heterocycles. The minimum atomic E-state index is -1.14. The molecule has 1 rings (SSSR count). The van der Waals surface area contributed by atoms with E-state index in [4.69, 9.17) is 5.73 Å². The Morgan fingerprint density at radius 3 is 2.80 bits per heavy atom. The number of rotatable bonds is 3. The summed E-state index contributed by atoms with van der Waals surface area (Å²) < 4.78 is 25.9. The van der Waals surface area contributed by atoms with Crippen LogP contribution in [0.4, 0.5) is 8.78 Å². The molecule has 1 unspecified atom stereocenters. The number of hydrogen-bond acceptors (Lipinski definition) is 2. The van der Waals surface area contributed by atoms with Crippen molar-refractivity contribution in [2.75, 3.05) is 6.54 Å². The van der Waals surface area contributed by atoms with Crippen LogP contribution in [0.1, 0.15) is 17.3 Å². The van der Waals surface area contributed by atoms with Gasteiger partial charge in [0.25, 0.3) is 5.91 Å². The molecule has 0 aliphatic rings. The Hall–Kier alpha value is -1.49. The summed E-state index contributed by atoms with van der Waals surface area (Å²) in [4.78, 5) is 11.3. The number of halogens is 2. The van der Waals surface area contributed by atoms with Gasteiger partial charge in [0, 0.05) is 12.6 Å². The molecule has 82 valence electrons. The van der Waals surface area contributed by atoms with Gasteiger partial charge in [0.15, 0.2) is 11.6 Å². The molecule has 0 fully saturated rings. The van der Waals surface area contributed by atoms with Gasteiger partial charge in [-0.05, 0) is 19.1 Å². The third-order valence-corrected chi connectivity index (χ3v) is 1.78. The van der Waals surface area contributed by atoms with E-state index in [1.54, 1.807) is 6.92 Å². The Kier molecular flexibility index (Phi) is 3.74. The highest BCUT2D eigenvalue weighted by Gasteiger charge is 2.14. The molecule has 3 nitrogen and oxygen atoms in total. The van der Waals surface area contributed by atoms with Crippen LogP contribution in [0.25, 0.3) is 0 Å². The van der Waals surface area contributed by atoms with Crippen molar-refractivity contribution in [3.05, 3.63) is 35.4 Å². The Bertz CT molecular complexity index is 366. The first-order valence-electron chi connectivity index (χ1n) is 4.50. The van der Waals surface area contributed by atoms with Crippen molar-refractivity contribution in [2.24, 2.45) is 5.73 Å². The predicted molar refractivity (Wildman–Crippen MR) is 52.3 cm³/mol. The van der Waals surface area contributed by atoms with Crippen molar-refractivity contribution < 1.29 is 13.6 Å². The highest BCUT2D eigenvalue weighted by Crippen LogP contribution is 2.10. The van der Waals surface area contributed by atoms with Gasteiger partial charge in [0.2, 0.25) is 0 Å². The summed E-state index contributed by atoms with van der Waals surface area (Å²) in [7, 11) is 0. The van der Waals surface area contributed by atoms with Gasteiger partial charge in [-0.1, -0.05) is 6.07 Å². The Balaban J connectivity index is 2.78. The summed E-state index contributed by atoms with van der Waals surface area (Å²) in [6.07, 6.45) is 0. The lowest BCUT2D eigenvalue weighted by molar-refractivity contribution is 0.0946. The molecule has 0 spiro atoms. The quantitative estimate of drug-likeness (QED) is 0.790. The zero-order valence-electron chi connectivity index (χ0n) is 8.26. The standard InChI is InChI=1S/C10H12F2N2O/c1-6(13)5-14-10(15)7-3-2-4-8(11)9(7)12/h2-4,6H,5,13H2,1H3,(H,14,15). The Morgan fingerprint density at radius 1 is 1.53 bits per heavy atom. The van der Waals surface area contributed by atoms with Crippen molar-refractivity contribution in [3.8, 4) is 0 Å². The minimum Gasteiger partial charge on any atom is -0.350 e. The summed E-state index contributed by atoms with van der Waals surface area (Å²) >= 11 is 0. The van der Waals surface area contributed by atoms with Crippen molar-refractivity contribution in [3.63, 3.8) is 0 Å². The van der Waals surface area contributed by atoms with Gasteiger partial charge in [-0.15, -0.1) is 0 Å². The summed E-state index contributed by atoms with van der Waals surface area (Å²) in [6, 6.07) is 3.22. The van der Waals surface area contributed by atoms with Crippen molar-refractivity contribution >= 4 is 5.91 Å².